The van der Waals surface area contributed by atoms with Crippen LogP contribution in [0.15, 0.2) is 24.3 Å². The molecule has 1 atom stereocenters. The Balaban J connectivity index is 1.91. The summed E-state index contributed by atoms with van der Waals surface area (Å²) in [7, 11) is -1.34. The van der Waals surface area contributed by atoms with Crippen LogP contribution in [0.3, 0.4) is 0 Å². The lowest BCUT2D eigenvalue weighted by Gasteiger charge is -2.23. The number of carbonyl (C=O) groups excluding carboxylic acids is 1. The summed E-state index contributed by atoms with van der Waals surface area (Å²) in [5.74, 6) is 0.0705. The van der Waals surface area contributed by atoms with Gasteiger partial charge in [-0.05, 0) is 18.6 Å². The molecule has 1 amide bonds. The minimum absolute atomic E-state index is 0.0569. The van der Waals surface area contributed by atoms with Crippen molar-refractivity contribution in [3.63, 3.8) is 0 Å². The zero-order chi connectivity index (χ0) is 14.8. The van der Waals surface area contributed by atoms with Gasteiger partial charge >= 0.3 is 0 Å². The molecular weight excluding hydrogens is 300 g/mol. The first-order chi connectivity index (χ1) is 9.39. The fourth-order valence-corrected chi connectivity index (χ4v) is 4.16. The maximum absolute atomic E-state index is 12.1. The van der Waals surface area contributed by atoms with Crippen LogP contribution in [0.1, 0.15) is 6.42 Å². The van der Waals surface area contributed by atoms with Gasteiger partial charge in [0, 0.05) is 13.1 Å². The molecule has 2 rings (SSSR count). The lowest BCUT2D eigenvalue weighted by atomic mass is 10.2. The highest BCUT2D eigenvalue weighted by atomic mass is 35.5. The molecule has 0 aliphatic carbocycles. The quantitative estimate of drug-likeness (QED) is 0.912. The Hall–Kier alpha value is -1.27. The molecule has 0 unspecified atom stereocenters. The van der Waals surface area contributed by atoms with Gasteiger partial charge in [0.05, 0.1) is 28.8 Å². The summed E-state index contributed by atoms with van der Waals surface area (Å²) in [6.07, 6.45) is 0.511. The number of nitrogens with zero attached hydrogens (tertiary/aromatic N) is 1. The van der Waals surface area contributed by atoms with Crippen molar-refractivity contribution in [3.8, 4) is 0 Å². The van der Waals surface area contributed by atoms with Crippen molar-refractivity contribution in [2.24, 2.45) is 0 Å². The highest BCUT2D eigenvalue weighted by Gasteiger charge is 2.32. The van der Waals surface area contributed by atoms with Crippen LogP contribution in [-0.2, 0) is 14.6 Å². The molecule has 1 aromatic rings. The fraction of sp³-hybridized carbons (Fsp3) is 0.462. The van der Waals surface area contributed by atoms with Crippen LogP contribution in [0.25, 0.3) is 0 Å². The number of halogens is 1. The second kappa shape index (κ2) is 6.01. The molecule has 1 N–H and O–H groups in total. The van der Waals surface area contributed by atoms with Gasteiger partial charge in [0.25, 0.3) is 0 Å². The second-order valence-electron chi connectivity index (χ2n) is 4.89. The van der Waals surface area contributed by atoms with Crippen LogP contribution in [0.2, 0.25) is 5.02 Å². The molecule has 0 saturated carbocycles. The van der Waals surface area contributed by atoms with Gasteiger partial charge in [0.15, 0.2) is 9.84 Å². The van der Waals surface area contributed by atoms with E-state index in [2.05, 4.69) is 5.32 Å². The predicted octanol–water partition coefficient (Wildman–Crippen LogP) is 1.40. The number of hydrogen-bond acceptors (Lipinski definition) is 4. The number of para-hydroxylation sites is 1. The van der Waals surface area contributed by atoms with Gasteiger partial charge in [-0.25, -0.2) is 8.42 Å². The molecule has 0 radical (unpaired) electrons. The van der Waals surface area contributed by atoms with E-state index >= 15 is 0 Å². The number of anilines is 1. The first-order valence-electron chi connectivity index (χ1n) is 6.33. The Kier molecular flexibility index (Phi) is 4.55. The third-order valence-electron chi connectivity index (χ3n) is 3.45. The van der Waals surface area contributed by atoms with Gasteiger partial charge in [-0.1, -0.05) is 23.7 Å². The van der Waals surface area contributed by atoms with Gasteiger partial charge in [-0.2, -0.15) is 0 Å². The summed E-state index contributed by atoms with van der Waals surface area (Å²) in [6.45, 7) is 0.0940. The Morgan fingerprint density at radius 1 is 1.45 bits per heavy atom. The molecule has 0 aromatic heterocycles. The Morgan fingerprint density at radius 3 is 2.75 bits per heavy atom. The molecule has 1 fully saturated rings. The topological polar surface area (TPSA) is 66.5 Å². The van der Waals surface area contributed by atoms with Crippen LogP contribution in [0, 0.1) is 0 Å². The van der Waals surface area contributed by atoms with E-state index in [0.29, 0.717) is 17.1 Å². The van der Waals surface area contributed by atoms with Crippen LogP contribution in [-0.4, -0.2) is 50.4 Å². The number of carbonyl (C=O) groups is 1. The Bertz CT molecular complexity index is 603. The molecule has 5 nitrogen and oxygen atoms in total. The van der Waals surface area contributed by atoms with E-state index in [4.69, 9.17) is 11.6 Å². The molecule has 1 aliphatic rings. The maximum atomic E-state index is 12.1. The van der Waals surface area contributed by atoms with Crippen molar-refractivity contribution in [3.05, 3.63) is 29.3 Å². The first-order valence-corrected chi connectivity index (χ1v) is 8.53. The number of sulfone groups is 1. The minimum atomic E-state index is -2.98. The van der Waals surface area contributed by atoms with Gasteiger partial charge in [0.1, 0.15) is 0 Å². The monoisotopic (exact) mass is 316 g/mol. The number of benzene rings is 1. The average molecular weight is 317 g/mol. The van der Waals surface area contributed by atoms with E-state index in [-0.39, 0.29) is 30.0 Å². The number of likely N-dealkylation sites (N-methyl/N-ethyl adjacent to an activating group) is 1. The average Bonchev–Trinajstić information content (AvgIpc) is 2.77. The summed E-state index contributed by atoms with van der Waals surface area (Å²) in [5, 5.41) is 3.51. The first kappa shape index (κ1) is 15.1. The summed E-state index contributed by atoms with van der Waals surface area (Å²) in [4.78, 5) is 13.6. The number of hydrogen-bond donors (Lipinski definition) is 1. The third-order valence-corrected chi connectivity index (χ3v) is 5.53. The third kappa shape index (κ3) is 3.64. The molecule has 1 aliphatic heterocycles. The summed E-state index contributed by atoms with van der Waals surface area (Å²) in [6, 6.07) is 6.94. The molecule has 7 heteroatoms. The van der Waals surface area contributed by atoms with Crippen molar-refractivity contribution in [1.29, 1.82) is 0 Å². The lowest BCUT2D eigenvalue weighted by molar-refractivity contribution is -0.129. The highest BCUT2D eigenvalue weighted by molar-refractivity contribution is 7.91. The van der Waals surface area contributed by atoms with E-state index in [0.717, 1.165) is 0 Å². The van der Waals surface area contributed by atoms with Crippen molar-refractivity contribution >= 4 is 33.0 Å². The smallest absolute Gasteiger partial charge is 0.241 e. The molecule has 110 valence electrons. The highest BCUT2D eigenvalue weighted by Crippen LogP contribution is 2.20. The molecule has 1 aromatic carbocycles. The van der Waals surface area contributed by atoms with Gasteiger partial charge in [-0.15, -0.1) is 0 Å². The number of rotatable bonds is 4. The zero-order valence-corrected chi connectivity index (χ0v) is 12.7. The molecule has 1 saturated heterocycles. The van der Waals surface area contributed by atoms with E-state index in [9.17, 15) is 13.2 Å². The van der Waals surface area contributed by atoms with Crippen LogP contribution in [0.4, 0.5) is 5.69 Å². The summed E-state index contributed by atoms with van der Waals surface area (Å²) in [5.41, 5.74) is 0.690. The molecule has 20 heavy (non-hydrogen) atoms. The Morgan fingerprint density at radius 2 is 2.15 bits per heavy atom. The maximum Gasteiger partial charge on any atom is 0.241 e. The van der Waals surface area contributed by atoms with Crippen LogP contribution in [0.5, 0.6) is 0 Å². The van der Waals surface area contributed by atoms with Crippen molar-refractivity contribution in [2.75, 3.05) is 30.4 Å². The summed E-state index contributed by atoms with van der Waals surface area (Å²) < 4.78 is 22.8. The fourth-order valence-electron chi connectivity index (χ4n) is 2.18. The molecule has 0 spiro atoms. The molecular formula is C13H17ClN2O3S. The van der Waals surface area contributed by atoms with Crippen molar-refractivity contribution in [2.45, 2.75) is 12.5 Å². The second-order valence-corrected chi connectivity index (χ2v) is 7.53. The zero-order valence-electron chi connectivity index (χ0n) is 11.2. The van der Waals surface area contributed by atoms with E-state index < -0.39 is 9.84 Å². The standard InChI is InChI=1S/C13H17ClN2O3S/c1-16(10-6-7-20(18,19)9-10)13(17)8-15-12-5-3-2-4-11(12)14/h2-5,10,15H,6-9H2,1H3/t10-/m0/s1. The Labute approximate surface area is 123 Å². The van der Waals surface area contributed by atoms with E-state index in [1.54, 1.807) is 19.2 Å². The number of amides is 1. The largest absolute Gasteiger partial charge is 0.375 e. The van der Waals surface area contributed by atoms with E-state index in [1.807, 2.05) is 12.1 Å². The van der Waals surface area contributed by atoms with Gasteiger partial charge in [0.2, 0.25) is 5.91 Å². The van der Waals surface area contributed by atoms with Crippen LogP contribution >= 0.6 is 11.6 Å². The van der Waals surface area contributed by atoms with Crippen molar-refractivity contribution < 1.29 is 13.2 Å². The van der Waals surface area contributed by atoms with Crippen molar-refractivity contribution in [1.82, 2.24) is 4.90 Å². The SMILES string of the molecule is CN(C(=O)CNc1ccccc1Cl)[C@H]1CCS(=O)(=O)C1. The normalized spacial score (nSPS) is 20.6. The van der Waals surface area contributed by atoms with Gasteiger partial charge < -0.3 is 10.2 Å². The number of nitrogens with one attached hydrogen (secondary N) is 1. The predicted molar refractivity (Wildman–Crippen MR) is 79.8 cm³/mol. The minimum Gasteiger partial charge on any atom is -0.375 e. The van der Waals surface area contributed by atoms with E-state index in [1.165, 1.54) is 4.90 Å². The lowest BCUT2D eigenvalue weighted by Crippen LogP contribution is -2.40. The molecule has 0 bridgehead atoms. The summed E-state index contributed by atoms with van der Waals surface area (Å²) >= 11 is 5.99. The van der Waals surface area contributed by atoms with Crippen LogP contribution < -0.4 is 5.32 Å². The van der Waals surface area contributed by atoms with Gasteiger partial charge in [-0.3, -0.25) is 4.79 Å². The molecule has 1 heterocycles.